The molecule has 0 bridgehead atoms. The summed E-state index contributed by atoms with van der Waals surface area (Å²) in [5.74, 6) is 1.03. The van der Waals surface area contributed by atoms with E-state index >= 15 is 0 Å². The molecule has 2 nitrogen and oxygen atoms in total. The van der Waals surface area contributed by atoms with Crippen LogP contribution in [0.4, 0.5) is 0 Å². The van der Waals surface area contributed by atoms with Gasteiger partial charge in [0.1, 0.15) is 0 Å². The van der Waals surface area contributed by atoms with Gasteiger partial charge in [0.05, 0.1) is 0 Å². The minimum absolute atomic E-state index is 0.490. The van der Waals surface area contributed by atoms with Gasteiger partial charge in [0.25, 0.3) is 0 Å². The van der Waals surface area contributed by atoms with E-state index < -0.39 is 0 Å². The second-order valence-corrected chi connectivity index (χ2v) is 6.15. The maximum atomic E-state index is 5.48. The van der Waals surface area contributed by atoms with Crippen LogP contribution in [-0.4, -0.2) is 46.7 Å². The van der Waals surface area contributed by atoms with E-state index in [1.807, 2.05) is 0 Å². The number of benzene rings is 1. The molecule has 3 heteroatoms. The maximum absolute atomic E-state index is 5.48. The van der Waals surface area contributed by atoms with E-state index in [-0.39, 0.29) is 0 Å². The number of likely N-dealkylation sites (N-methyl/N-ethyl adjacent to an activating group) is 1. The first-order valence-electron chi connectivity index (χ1n) is 5.98. The molecule has 0 atom stereocenters. The predicted octanol–water partition coefficient (Wildman–Crippen LogP) is 2.40. The summed E-state index contributed by atoms with van der Waals surface area (Å²) in [7, 11) is 3.93. The van der Waals surface area contributed by atoms with Crippen molar-refractivity contribution in [3.8, 4) is 5.75 Å². The molecule has 0 unspecified atom stereocenters. The first-order chi connectivity index (χ1) is 8.26. The van der Waals surface area contributed by atoms with Gasteiger partial charge in [-0.3, -0.25) is 0 Å². The van der Waals surface area contributed by atoms with Crippen LogP contribution in [0.3, 0.4) is 0 Å². The van der Waals surface area contributed by atoms with E-state index in [2.05, 4.69) is 42.0 Å². The van der Waals surface area contributed by atoms with Gasteiger partial charge >= 0.3 is 109 Å². The van der Waals surface area contributed by atoms with Gasteiger partial charge in [-0.05, 0) is 0 Å². The van der Waals surface area contributed by atoms with Crippen LogP contribution >= 0.6 is 0 Å². The van der Waals surface area contributed by atoms with Crippen LogP contribution < -0.4 is 4.74 Å². The van der Waals surface area contributed by atoms with Gasteiger partial charge in [-0.15, -0.1) is 0 Å². The summed E-state index contributed by atoms with van der Waals surface area (Å²) in [6.45, 7) is 4.43. The zero-order chi connectivity index (χ0) is 12.3. The van der Waals surface area contributed by atoms with Crippen molar-refractivity contribution >= 4 is 24.1 Å². The van der Waals surface area contributed by atoms with E-state index in [4.69, 9.17) is 4.74 Å². The Hall–Kier alpha value is -0.761. The van der Waals surface area contributed by atoms with Crippen LogP contribution in [0.2, 0.25) is 0 Å². The molecule has 1 aromatic heterocycles. The molecule has 2 aromatic rings. The summed E-state index contributed by atoms with van der Waals surface area (Å²) in [6.07, 6.45) is 1.12. The molecule has 17 heavy (non-hydrogen) atoms. The molecular weight excluding hydrogens is 277 g/mol. The average Bonchev–Trinajstić information content (AvgIpc) is 2.79. The fourth-order valence-electron chi connectivity index (χ4n) is 1.94. The number of methoxy groups -OCH3 is 1. The molecule has 0 spiro atoms. The molecule has 0 saturated heterocycles. The Morgan fingerprint density at radius 3 is 2.88 bits per heavy atom. The van der Waals surface area contributed by atoms with E-state index in [0.29, 0.717) is 14.5 Å². The Labute approximate surface area is 109 Å². The Bertz CT molecular complexity index is 492. The number of hydrogen-bond donors (Lipinski definition) is 0. The minimum atomic E-state index is 0.490. The number of nitrogens with zero attached hydrogens (tertiary/aromatic N) is 1. The molecule has 0 amide bonds. The molecule has 0 fully saturated rings. The van der Waals surface area contributed by atoms with Crippen molar-refractivity contribution in [3.63, 3.8) is 0 Å². The zero-order valence-electron chi connectivity index (χ0n) is 10.7. The molecule has 2 rings (SSSR count). The van der Waals surface area contributed by atoms with Gasteiger partial charge in [0, 0.05) is 0 Å². The van der Waals surface area contributed by atoms with Gasteiger partial charge < -0.3 is 0 Å². The second kappa shape index (κ2) is 5.72. The van der Waals surface area contributed by atoms with Gasteiger partial charge in [-0.25, -0.2) is 0 Å². The molecule has 0 aliphatic carbocycles. The molecule has 0 aliphatic heterocycles. The summed E-state index contributed by atoms with van der Waals surface area (Å²) in [5, 5.41) is 1.36. The van der Waals surface area contributed by atoms with Crippen LogP contribution in [0.15, 0.2) is 23.1 Å². The third kappa shape index (κ3) is 2.74. The average molecular weight is 296 g/mol. The Morgan fingerprint density at radius 1 is 1.35 bits per heavy atom. The SMILES string of the molecule is CCN(C)CCc1c[se]c2cccc(OC)c12. The second-order valence-electron chi connectivity index (χ2n) is 4.24. The number of hydrogen-bond acceptors (Lipinski definition) is 2. The summed E-state index contributed by atoms with van der Waals surface area (Å²) < 4.78 is 6.94. The molecule has 0 saturated carbocycles. The van der Waals surface area contributed by atoms with Crippen molar-refractivity contribution in [3.05, 3.63) is 28.7 Å². The Morgan fingerprint density at radius 2 is 2.18 bits per heavy atom. The summed E-state index contributed by atoms with van der Waals surface area (Å²) in [4.78, 5) is 4.75. The molecule has 0 N–H and O–H groups in total. The van der Waals surface area contributed by atoms with Crippen LogP contribution in [0.1, 0.15) is 12.5 Å². The fraction of sp³-hybridized carbons (Fsp3) is 0.429. The number of ether oxygens (including phenoxy) is 1. The third-order valence-electron chi connectivity index (χ3n) is 3.16. The number of rotatable bonds is 5. The van der Waals surface area contributed by atoms with E-state index in [0.717, 1.165) is 25.3 Å². The topological polar surface area (TPSA) is 12.5 Å². The summed E-state index contributed by atoms with van der Waals surface area (Å²) in [5.41, 5.74) is 1.47. The molecule has 0 radical (unpaired) electrons. The molecular formula is C14H19NOSe. The number of fused-ring (bicyclic) bond motifs is 1. The normalized spacial score (nSPS) is 11.3. The van der Waals surface area contributed by atoms with Gasteiger partial charge in [-0.1, -0.05) is 0 Å². The van der Waals surface area contributed by atoms with Gasteiger partial charge in [-0.2, -0.15) is 0 Å². The third-order valence-corrected chi connectivity index (χ3v) is 5.25. The quantitative estimate of drug-likeness (QED) is 0.786. The van der Waals surface area contributed by atoms with Crippen molar-refractivity contribution in [1.29, 1.82) is 0 Å². The zero-order valence-corrected chi connectivity index (χ0v) is 12.4. The predicted molar refractivity (Wildman–Crippen MR) is 74.3 cm³/mol. The molecule has 1 heterocycles. The van der Waals surface area contributed by atoms with Crippen LogP contribution in [-0.2, 0) is 6.42 Å². The van der Waals surface area contributed by atoms with E-state index in [1.54, 1.807) is 7.11 Å². The first-order valence-corrected chi connectivity index (χ1v) is 7.82. The van der Waals surface area contributed by atoms with Crippen molar-refractivity contribution < 1.29 is 4.74 Å². The van der Waals surface area contributed by atoms with Crippen LogP contribution in [0.25, 0.3) is 9.65 Å². The molecule has 1 aromatic carbocycles. The monoisotopic (exact) mass is 297 g/mol. The summed E-state index contributed by atoms with van der Waals surface area (Å²) in [6, 6.07) is 6.39. The first kappa shape index (κ1) is 12.7. The van der Waals surface area contributed by atoms with Crippen molar-refractivity contribution in [1.82, 2.24) is 4.90 Å². The summed E-state index contributed by atoms with van der Waals surface area (Å²) >= 11 is 0.490. The van der Waals surface area contributed by atoms with Gasteiger partial charge in [0.2, 0.25) is 0 Å². The van der Waals surface area contributed by atoms with Crippen molar-refractivity contribution in [2.24, 2.45) is 0 Å². The van der Waals surface area contributed by atoms with Crippen molar-refractivity contribution in [2.45, 2.75) is 13.3 Å². The van der Waals surface area contributed by atoms with Crippen LogP contribution in [0, 0.1) is 0 Å². The Balaban J connectivity index is 2.28. The van der Waals surface area contributed by atoms with E-state index in [1.165, 1.54) is 15.2 Å². The molecule has 92 valence electrons. The molecule has 0 aliphatic rings. The van der Waals surface area contributed by atoms with E-state index in [9.17, 15) is 0 Å². The van der Waals surface area contributed by atoms with Crippen LogP contribution in [0.5, 0.6) is 5.75 Å². The Kier molecular flexibility index (Phi) is 4.27. The standard InChI is InChI=1S/C14H19NOSe/c1-4-15(2)9-8-11-10-17-13-7-5-6-12(16-3)14(11)13/h5-7,10H,4,8-9H2,1-3H3. The van der Waals surface area contributed by atoms with Gasteiger partial charge in [0.15, 0.2) is 0 Å². The van der Waals surface area contributed by atoms with Crippen molar-refractivity contribution in [2.75, 3.05) is 27.2 Å². The fourth-order valence-corrected chi connectivity index (χ4v) is 4.07.